The third-order valence-corrected chi connectivity index (χ3v) is 5.57. The van der Waals surface area contributed by atoms with Gasteiger partial charge in [0.05, 0.1) is 10.5 Å². The van der Waals surface area contributed by atoms with Crippen LogP contribution in [0.4, 0.5) is 0 Å². The topological polar surface area (TPSA) is 92.8 Å². The summed E-state index contributed by atoms with van der Waals surface area (Å²) in [6.45, 7) is 4.35. The first-order valence-corrected chi connectivity index (χ1v) is 10.4. The van der Waals surface area contributed by atoms with E-state index in [2.05, 4.69) is 4.72 Å². The van der Waals surface area contributed by atoms with Crippen molar-refractivity contribution in [3.8, 4) is 0 Å². The van der Waals surface area contributed by atoms with E-state index in [1.807, 2.05) is 37.3 Å². The smallest absolute Gasteiger partial charge is 0.338 e. The number of nitrogens with zero attached hydrogens (tertiary/aromatic N) is 1. The van der Waals surface area contributed by atoms with Gasteiger partial charge in [0, 0.05) is 19.6 Å². The van der Waals surface area contributed by atoms with Crippen LogP contribution in [0.1, 0.15) is 29.8 Å². The molecule has 0 bridgehead atoms. The Morgan fingerprint density at radius 2 is 1.64 bits per heavy atom. The van der Waals surface area contributed by atoms with Crippen LogP contribution in [-0.2, 0) is 26.1 Å². The molecule has 0 spiro atoms. The zero-order valence-electron chi connectivity index (χ0n) is 15.9. The standard InChI is InChI=1S/C20H24N2O5S/c1-3-21-28(25,26)18-12-10-17(11-13-18)20(24)27-15-19(23)22(4-2)14-16-8-6-5-7-9-16/h5-13,21H,3-4,14-15H2,1-2H3. The number of hydrogen-bond donors (Lipinski definition) is 1. The molecule has 0 saturated carbocycles. The van der Waals surface area contributed by atoms with Crippen molar-refractivity contribution in [3.05, 3.63) is 65.7 Å². The fourth-order valence-electron chi connectivity index (χ4n) is 2.53. The minimum absolute atomic E-state index is 0.0574. The fourth-order valence-corrected chi connectivity index (χ4v) is 3.57. The zero-order chi connectivity index (χ0) is 20.6. The number of hydrogen-bond acceptors (Lipinski definition) is 5. The average Bonchev–Trinajstić information content (AvgIpc) is 2.70. The van der Waals surface area contributed by atoms with E-state index in [0.29, 0.717) is 13.1 Å². The van der Waals surface area contributed by atoms with Gasteiger partial charge in [-0.2, -0.15) is 0 Å². The van der Waals surface area contributed by atoms with Crippen molar-refractivity contribution in [2.45, 2.75) is 25.3 Å². The SMILES string of the molecule is CCNS(=O)(=O)c1ccc(C(=O)OCC(=O)N(CC)Cc2ccccc2)cc1. The van der Waals surface area contributed by atoms with Gasteiger partial charge in [0.15, 0.2) is 6.61 Å². The van der Waals surface area contributed by atoms with Crippen LogP contribution in [0.5, 0.6) is 0 Å². The van der Waals surface area contributed by atoms with Gasteiger partial charge in [-0.1, -0.05) is 37.3 Å². The molecule has 2 rings (SSSR count). The fraction of sp³-hybridized carbons (Fsp3) is 0.300. The van der Waals surface area contributed by atoms with Crippen LogP contribution in [0.3, 0.4) is 0 Å². The van der Waals surface area contributed by atoms with Crippen LogP contribution in [0.2, 0.25) is 0 Å². The molecular formula is C20H24N2O5S. The molecule has 0 unspecified atom stereocenters. The summed E-state index contributed by atoms with van der Waals surface area (Å²) in [6, 6.07) is 14.9. The highest BCUT2D eigenvalue weighted by molar-refractivity contribution is 7.89. The highest BCUT2D eigenvalue weighted by Crippen LogP contribution is 2.12. The Balaban J connectivity index is 1.94. The van der Waals surface area contributed by atoms with Crippen molar-refractivity contribution >= 4 is 21.9 Å². The van der Waals surface area contributed by atoms with E-state index in [9.17, 15) is 18.0 Å². The Hall–Kier alpha value is -2.71. The molecule has 1 amide bonds. The van der Waals surface area contributed by atoms with E-state index < -0.39 is 16.0 Å². The lowest BCUT2D eigenvalue weighted by molar-refractivity contribution is -0.134. The molecule has 0 fully saturated rings. The summed E-state index contributed by atoms with van der Waals surface area (Å²) in [5.74, 6) is -0.984. The highest BCUT2D eigenvalue weighted by Gasteiger charge is 2.17. The Morgan fingerprint density at radius 3 is 2.21 bits per heavy atom. The predicted octanol–water partition coefficient (Wildman–Crippen LogP) is 2.19. The van der Waals surface area contributed by atoms with E-state index in [-0.39, 0.29) is 29.5 Å². The average molecular weight is 404 g/mol. The van der Waals surface area contributed by atoms with Gasteiger partial charge in [-0.15, -0.1) is 0 Å². The number of nitrogens with one attached hydrogen (secondary N) is 1. The van der Waals surface area contributed by atoms with Crippen LogP contribution < -0.4 is 4.72 Å². The van der Waals surface area contributed by atoms with Gasteiger partial charge in [-0.25, -0.2) is 17.9 Å². The zero-order valence-corrected chi connectivity index (χ0v) is 16.7. The summed E-state index contributed by atoms with van der Waals surface area (Å²) in [4.78, 5) is 26.1. The van der Waals surface area contributed by atoms with Crippen molar-refractivity contribution in [1.29, 1.82) is 0 Å². The maximum Gasteiger partial charge on any atom is 0.338 e. The van der Waals surface area contributed by atoms with E-state index in [0.717, 1.165) is 5.56 Å². The van der Waals surface area contributed by atoms with Gasteiger partial charge in [0.1, 0.15) is 0 Å². The van der Waals surface area contributed by atoms with E-state index in [1.165, 1.54) is 24.3 Å². The lowest BCUT2D eigenvalue weighted by atomic mass is 10.2. The molecule has 0 heterocycles. The van der Waals surface area contributed by atoms with Gasteiger partial charge in [-0.05, 0) is 36.8 Å². The molecule has 0 radical (unpaired) electrons. The first kappa shape index (κ1) is 21.6. The van der Waals surface area contributed by atoms with Crippen molar-refractivity contribution in [3.63, 3.8) is 0 Å². The minimum atomic E-state index is -3.59. The number of amides is 1. The largest absolute Gasteiger partial charge is 0.452 e. The van der Waals surface area contributed by atoms with Gasteiger partial charge >= 0.3 is 5.97 Å². The van der Waals surface area contributed by atoms with Crippen molar-refractivity contribution in [1.82, 2.24) is 9.62 Å². The van der Waals surface area contributed by atoms with Gasteiger partial charge in [0.2, 0.25) is 10.0 Å². The number of carbonyl (C=O) groups is 2. The molecule has 0 aromatic heterocycles. The van der Waals surface area contributed by atoms with Crippen LogP contribution in [-0.4, -0.2) is 44.9 Å². The van der Waals surface area contributed by atoms with Gasteiger partial charge < -0.3 is 9.64 Å². The summed E-state index contributed by atoms with van der Waals surface area (Å²) < 4.78 is 31.3. The van der Waals surface area contributed by atoms with Crippen molar-refractivity contribution in [2.75, 3.05) is 19.7 Å². The van der Waals surface area contributed by atoms with E-state index in [4.69, 9.17) is 4.74 Å². The van der Waals surface area contributed by atoms with E-state index in [1.54, 1.807) is 11.8 Å². The number of carbonyl (C=O) groups excluding carboxylic acids is 2. The molecular weight excluding hydrogens is 380 g/mol. The summed E-state index contributed by atoms with van der Waals surface area (Å²) >= 11 is 0. The summed E-state index contributed by atoms with van der Waals surface area (Å²) in [7, 11) is -3.59. The number of likely N-dealkylation sites (N-methyl/N-ethyl adjacent to an activating group) is 1. The van der Waals surface area contributed by atoms with Crippen molar-refractivity contribution < 1.29 is 22.7 Å². The molecule has 1 N–H and O–H groups in total. The Bertz CT molecular complexity index is 896. The first-order valence-electron chi connectivity index (χ1n) is 8.96. The summed E-state index contributed by atoms with van der Waals surface area (Å²) in [6.07, 6.45) is 0. The second-order valence-electron chi connectivity index (χ2n) is 6.00. The maximum absolute atomic E-state index is 12.3. The normalized spacial score (nSPS) is 11.1. The second-order valence-corrected chi connectivity index (χ2v) is 7.76. The third kappa shape index (κ3) is 5.90. The first-order chi connectivity index (χ1) is 13.4. The number of ether oxygens (including phenoxy) is 1. The van der Waals surface area contributed by atoms with Crippen molar-refractivity contribution in [2.24, 2.45) is 0 Å². The lowest BCUT2D eigenvalue weighted by Gasteiger charge is -2.20. The minimum Gasteiger partial charge on any atom is -0.452 e. The van der Waals surface area contributed by atoms with Crippen LogP contribution in [0, 0.1) is 0 Å². The third-order valence-electron chi connectivity index (χ3n) is 4.01. The number of esters is 1. The molecule has 0 aliphatic rings. The molecule has 0 saturated heterocycles. The summed E-state index contributed by atoms with van der Waals surface area (Å²) in [5, 5.41) is 0. The summed E-state index contributed by atoms with van der Waals surface area (Å²) in [5.41, 5.74) is 1.16. The predicted molar refractivity (Wildman–Crippen MR) is 105 cm³/mol. The molecule has 28 heavy (non-hydrogen) atoms. The maximum atomic E-state index is 12.3. The number of rotatable bonds is 9. The van der Waals surface area contributed by atoms with E-state index >= 15 is 0 Å². The molecule has 2 aromatic rings. The molecule has 2 aromatic carbocycles. The quantitative estimate of drug-likeness (QED) is 0.647. The lowest BCUT2D eigenvalue weighted by Crippen LogP contribution is -2.34. The molecule has 0 aliphatic heterocycles. The van der Waals surface area contributed by atoms with Gasteiger partial charge in [-0.3, -0.25) is 4.79 Å². The Kier molecular flexibility index (Phi) is 7.71. The Morgan fingerprint density at radius 1 is 1.00 bits per heavy atom. The van der Waals surface area contributed by atoms with Crippen LogP contribution >= 0.6 is 0 Å². The number of benzene rings is 2. The Labute approximate surface area is 165 Å². The molecule has 8 heteroatoms. The van der Waals surface area contributed by atoms with Crippen LogP contribution in [0.25, 0.3) is 0 Å². The second kappa shape index (κ2) is 10.0. The molecule has 0 aliphatic carbocycles. The number of sulfonamides is 1. The van der Waals surface area contributed by atoms with Gasteiger partial charge in [0.25, 0.3) is 5.91 Å². The molecule has 7 nitrogen and oxygen atoms in total. The monoisotopic (exact) mass is 404 g/mol. The molecule has 0 atom stereocenters. The highest BCUT2D eigenvalue weighted by atomic mass is 32.2. The van der Waals surface area contributed by atoms with Crippen LogP contribution in [0.15, 0.2) is 59.5 Å². The molecule has 150 valence electrons.